The maximum atomic E-state index is 12.6. The van der Waals surface area contributed by atoms with Crippen LogP contribution >= 0.6 is 34.5 Å². The van der Waals surface area contributed by atoms with Crippen molar-refractivity contribution in [2.24, 2.45) is 0 Å². The molecule has 0 saturated carbocycles. The fourth-order valence-corrected chi connectivity index (χ4v) is 5.18. The number of carbonyl (C=O) groups is 1. The SMILES string of the molecule is Cc1cc(N2CCc3sccc3C2)cc(C)c1NC(=O)Cc1ccc(Cl)cc1Cl. The van der Waals surface area contributed by atoms with Gasteiger partial charge in [-0.25, -0.2) is 0 Å². The van der Waals surface area contributed by atoms with Crippen LogP contribution in [0.25, 0.3) is 0 Å². The monoisotopic (exact) mass is 444 g/mol. The van der Waals surface area contributed by atoms with Crippen LogP contribution in [0.5, 0.6) is 0 Å². The van der Waals surface area contributed by atoms with Crippen LogP contribution in [0.2, 0.25) is 10.0 Å². The molecule has 0 radical (unpaired) electrons. The molecule has 1 N–H and O–H groups in total. The summed E-state index contributed by atoms with van der Waals surface area (Å²) in [4.78, 5) is 16.5. The summed E-state index contributed by atoms with van der Waals surface area (Å²) in [5.41, 5.74) is 6.39. The number of fused-ring (bicyclic) bond motifs is 1. The number of hydrogen-bond acceptors (Lipinski definition) is 3. The lowest BCUT2D eigenvalue weighted by molar-refractivity contribution is -0.115. The average molecular weight is 445 g/mol. The lowest BCUT2D eigenvalue weighted by atomic mass is 10.0. The predicted octanol–water partition coefficient (Wildman–Crippen LogP) is 6.42. The maximum Gasteiger partial charge on any atom is 0.228 e. The first-order chi connectivity index (χ1) is 13.9. The van der Waals surface area contributed by atoms with Crippen LogP contribution < -0.4 is 10.2 Å². The third-order valence-corrected chi connectivity index (χ3v) is 6.93. The van der Waals surface area contributed by atoms with Crippen molar-refractivity contribution in [3.05, 3.63) is 79.0 Å². The second kappa shape index (κ2) is 8.39. The van der Waals surface area contributed by atoms with Gasteiger partial charge in [0.25, 0.3) is 0 Å². The molecule has 150 valence electrons. The Morgan fingerprint density at radius 3 is 2.62 bits per heavy atom. The van der Waals surface area contributed by atoms with Gasteiger partial charge in [-0.2, -0.15) is 0 Å². The van der Waals surface area contributed by atoms with Gasteiger partial charge < -0.3 is 10.2 Å². The van der Waals surface area contributed by atoms with Gasteiger partial charge in [0.1, 0.15) is 0 Å². The van der Waals surface area contributed by atoms with Crippen LogP contribution in [0.1, 0.15) is 27.1 Å². The number of rotatable bonds is 4. The van der Waals surface area contributed by atoms with E-state index in [-0.39, 0.29) is 12.3 Å². The average Bonchev–Trinajstić information content (AvgIpc) is 3.14. The molecule has 2 heterocycles. The number of nitrogens with zero attached hydrogens (tertiary/aromatic N) is 1. The highest BCUT2D eigenvalue weighted by atomic mass is 35.5. The van der Waals surface area contributed by atoms with Crippen molar-refractivity contribution in [1.82, 2.24) is 0 Å². The van der Waals surface area contributed by atoms with E-state index in [0.29, 0.717) is 10.0 Å². The number of amides is 1. The van der Waals surface area contributed by atoms with Gasteiger partial charge >= 0.3 is 0 Å². The van der Waals surface area contributed by atoms with Crippen molar-refractivity contribution in [3.63, 3.8) is 0 Å². The van der Waals surface area contributed by atoms with Crippen LogP contribution in [0.15, 0.2) is 41.8 Å². The highest BCUT2D eigenvalue weighted by Gasteiger charge is 2.19. The van der Waals surface area contributed by atoms with E-state index in [1.54, 1.807) is 18.2 Å². The fraction of sp³-hybridized carbons (Fsp3) is 0.261. The molecule has 0 aliphatic carbocycles. The molecule has 3 nitrogen and oxygen atoms in total. The Morgan fingerprint density at radius 1 is 1.14 bits per heavy atom. The standard InChI is InChI=1S/C23H22Cl2N2OS/c1-14-9-19(27-7-5-21-17(13-27)6-8-29-21)10-15(2)23(14)26-22(28)11-16-3-4-18(24)12-20(16)25/h3-4,6,8-10,12H,5,7,11,13H2,1-2H3,(H,26,28). The minimum absolute atomic E-state index is 0.0888. The zero-order valence-electron chi connectivity index (χ0n) is 16.4. The fourth-order valence-electron chi connectivity index (χ4n) is 3.81. The van der Waals surface area contributed by atoms with Crippen molar-refractivity contribution < 1.29 is 4.79 Å². The van der Waals surface area contributed by atoms with Gasteiger partial charge in [0.05, 0.1) is 6.42 Å². The minimum Gasteiger partial charge on any atom is -0.367 e. The molecule has 1 aliphatic heterocycles. The van der Waals surface area contributed by atoms with E-state index in [9.17, 15) is 4.79 Å². The Kier molecular flexibility index (Phi) is 5.86. The summed E-state index contributed by atoms with van der Waals surface area (Å²) in [7, 11) is 0. The molecule has 1 aliphatic rings. The lowest BCUT2D eigenvalue weighted by Crippen LogP contribution is -2.29. The lowest BCUT2D eigenvalue weighted by Gasteiger charge is -2.30. The Balaban J connectivity index is 1.49. The molecule has 29 heavy (non-hydrogen) atoms. The maximum absolute atomic E-state index is 12.6. The summed E-state index contributed by atoms with van der Waals surface area (Å²) in [5.74, 6) is -0.0888. The minimum atomic E-state index is -0.0888. The first-order valence-electron chi connectivity index (χ1n) is 9.56. The number of carbonyl (C=O) groups excluding carboxylic acids is 1. The van der Waals surface area contributed by atoms with Gasteiger partial charge in [0.15, 0.2) is 0 Å². The van der Waals surface area contributed by atoms with Gasteiger partial charge in [-0.05, 0) is 78.2 Å². The number of thiophene rings is 1. The quantitative estimate of drug-likeness (QED) is 0.503. The third kappa shape index (κ3) is 4.45. The summed E-state index contributed by atoms with van der Waals surface area (Å²) >= 11 is 14.0. The van der Waals surface area contributed by atoms with Crippen molar-refractivity contribution in [3.8, 4) is 0 Å². The highest BCUT2D eigenvalue weighted by molar-refractivity contribution is 7.10. The van der Waals surface area contributed by atoms with E-state index < -0.39 is 0 Å². The summed E-state index contributed by atoms with van der Waals surface area (Å²) < 4.78 is 0. The molecule has 0 unspecified atom stereocenters. The van der Waals surface area contributed by atoms with E-state index >= 15 is 0 Å². The molecule has 1 aromatic heterocycles. The van der Waals surface area contributed by atoms with Crippen LogP contribution in [0, 0.1) is 13.8 Å². The number of nitrogens with one attached hydrogen (secondary N) is 1. The van der Waals surface area contributed by atoms with Gasteiger partial charge in [-0.3, -0.25) is 4.79 Å². The van der Waals surface area contributed by atoms with Crippen molar-refractivity contribution in [2.75, 3.05) is 16.8 Å². The molecule has 0 bridgehead atoms. The zero-order valence-corrected chi connectivity index (χ0v) is 18.7. The largest absolute Gasteiger partial charge is 0.367 e. The Morgan fingerprint density at radius 2 is 1.90 bits per heavy atom. The topological polar surface area (TPSA) is 32.3 Å². The smallest absolute Gasteiger partial charge is 0.228 e. The van der Waals surface area contributed by atoms with Crippen LogP contribution in [0.4, 0.5) is 11.4 Å². The predicted molar refractivity (Wildman–Crippen MR) is 124 cm³/mol. The van der Waals surface area contributed by atoms with Crippen molar-refractivity contribution >= 4 is 51.8 Å². The first-order valence-corrected chi connectivity index (χ1v) is 11.2. The second-order valence-corrected chi connectivity index (χ2v) is 9.30. The van der Waals surface area contributed by atoms with E-state index in [1.807, 2.05) is 25.2 Å². The molecule has 1 amide bonds. The van der Waals surface area contributed by atoms with Crippen molar-refractivity contribution in [1.29, 1.82) is 0 Å². The van der Waals surface area contributed by atoms with Crippen molar-refractivity contribution in [2.45, 2.75) is 33.2 Å². The summed E-state index contributed by atoms with van der Waals surface area (Å²) in [6.07, 6.45) is 1.30. The van der Waals surface area contributed by atoms with Crippen LogP contribution in [-0.2, 0) is 24.2 Å². The van der Waals surface area contributed by atoms with E-state index in [1.165, 1.54) is 16.1 Å². The third-order valence-electron chi connectivity index (χ3n) is 5.32. The second-order valence-electron chi connectivity index (χ2n) is 7.46. The molecule has 2 aromatic carbocycles. The van der Waals surface area contributed by atoms with E-state index in [4.69, 9.17) is 23.2 Å². The molecule has 0 saturated heterocycles. The summed E-state index contributed by atoms with van der Waals surface area (Å²) in [6.45, 7) is 6.05. The van der Waals surface area contributed by atoms with Crippen LogP contribution in [0.3, 0.4) is 0 Å². The summed E-state index contributed by atoms with van der Waals surface area (Å²) in [6, 6.07) is 11.8. The Labute approximate surface area is 185 Å². The summed E-state index contributed by atoms with van der Waals surface area (Å²) in [5, 5.41) is 6.31. The molecule has 0 spiro atoms. The molecule has 0 atom stereocenters. The van der Waals surface area contributed by atoms with Gasteiger partial charge in [0.2, 0.25) is 5.91 Å². The molecular formula is C23H22Cl2N2OS. The van der Waals surface area contributed by atoms with Gasteiger partial charge in [0, 0.05) is 39.4 Å². The Hall–Kier alpha value is -2.01. The van der Waals surface area contributed by atoms with Crippen LogP contribution in [-0.4, -0.2) is 12.5 Å². The van der Waals surface area contributed by atoms with Gasteiger partial charge in [-0.1, -0.05) is 29.3 Å². The highest BCUT2D eigenvalue weighted by Crippen LogP contribution is 2.32. The van der Waals surface area contributed by atoms with E-state index in [2.05, 4.69) is 33.8 Å². The number of hydrogen-bond donors (Lipinski definition) is 1. The molecule has 4 rings (SSSR count). The zero-order chi connectivity index (χ0) is 20.5. The Bertz CT molecular complexity index is 1050. The molecule has 0 fully saturated rings. The number of anilines is 2. The number of aryl methyl sites for hydroxylation is 2. The first kappa shape index (κ1) is 20.3. The molecule has 3 aromatic rings. The number of benzene rings is 2. The normalized spacial score (nSPS) is 13.3. The molecule has 6 heteroatoms. The van der Waals surface area contributed by atoms with Gasteiger partial charge in [-0.15, -0.1) is 11.3 Å². The van der Waals surface area contributed by atoms with E-state index in [0.717, 1.165) is 41.9 Å². The molecular weight excluding hydrogens is 423 g/mol. The number of halogens is 2.